The number of methoxy groups -OCH3 is 1. The lowest BCUT2D eigenvalue weighted by Gasteiger charge is -2.24. The van der Waals surface area contributed by atoms with Crippen molar-refractivity contribution in [2.75, 3.05) is 18.6 Å². The summed E-state index contributed by atoms with van der Waals surface area (Å²) in [5.74, 6) is 2.45. The van der Waals surface area contributed by atoms with Gasteiger partial charge in [0.1, 0.15) is 6.10 Å². The molecule has 0 atom stereocenters. The molecule has 1 fully saturated rings. The van der Waals surface area contributed by atoms with Crippen molar-refractivity contribution < 1.29 is 19.4 Å². The zero-order valence-corrected chi connectivity index (χ0v) is 14.5. The molecule has 3 rings (SSSR count). The van der Waals surface area contributed by atoms with Gasteiger partial charge in [-0.15, -0.1) is 0 Å². The molecule has 1 N–H and O–H groups in total. The van der Waals surface area contributed by atoms with E-state index in [-0.39, 0.29) is 11.8 Å². The minimum absolute atomic E-state index is 0.00480. The quantitative estimate of drug-likeness (QED) is 0.895. The number of benzene rings is 1. The first kappa shape index (κ1) is 16.7. The molecular weight excluding hydrogens is 328 g/mol. The summed E-state index contributed by atoms with van der Waals surface area (Å²) in [6.45, 7) is 0. The Labute approximate surface area is 144 Å². The highest BCUT2D eigenvalue weighted by Crippen LogP contribution is 2.39. The maximum absolute atomic E-state index is 11.1. The van der Waals surface area contributed by atoms with Crippen LogP contribution in [0.5, 0.6) is 11.5 Å². The van der Waals surface area contributed by atoms with Crippen LogP contribution in [0, 0.1) is 0 Å². The Balaban J connectivity index is 1.96. The summed E-state index contributed by atoms with van der Waals surface area (Å²) in [5, 5.41) is 13.2. The molecule has 1 aromatic heterocycles. The van der Waals surface area contributed by atoms with Crippen LogP contribution in [0.2, 0.25) is 0 Å². The molecule has 0 bridgehead atoms. The van der Waals surface area contributed by atoms with Crippen molar-refractivity contribution in [3.63, 3.8) is 0 Å². The number of thioether (sulfide) groups is 1. The molecule has 7 heteroatoms. The number of hydrogen-bond donors (Lipinski definition) is 1. The van der Waals surface area contributed by atoms with Gasteiger partial charge in [-0.25, -0.2) is 4.79 Å². The molecule has 6 nitrogen and oxygen atoms in total. The van der Waals surface area contributed by atoms with E-state index >= 15 is 0 Å². The van der Waals surface area contributed by atoms with Crippen molar-refractivity contribution in [1.29, 1.82) is 0 Å². The number of rotatable bonds is 5. The van der Waals surface area contributed by atoms with E-state index in [1.54, 1.807) is 24.9 Å². The standard InChI is InChI=1S/C17H20N2O4S/c1-19-14(10-13(18-19)17(20)21)12-4-3-5-15(16(12)22-2)23-11-6-8-24-9-7-11/h3-5,10-11H,6-9H2,1-2H3,(H,20,21). The second-order valence-electron chi connectivity index (χ2n) is 5.61. The van der Waals surface area contributed by atoms with E-state index < -0.39 is 5.97 Å². The summed E-state index contributed by atoms with van der Waals surface area (Å²) >= 11 is 1.95. The van der Waals surface area contributed by atoms with Crippen LogP contribution in [-0.2, 0) is 7.05 Å². The normalized spacial score (nSPS) is 15.2. The van der Waals surface area contributed by atoms with Crippen LogP contribution in [0.25, 0.3) is 11.3 Å². The van der Waals surface area contributed by atoms with Crippen LogP contribution in [0.1, 0.15) is 23.3 Å². The van der Waals surface area contributed by atoms with E-state index in [1.807, 2.05) is 30.0 Å². The Hall–Kier alpha value is -2.15. The van der Waals surface area contributed by atoms with E-state index in [1.165, 1.54) is 0 Å². The smallest absolute Gasteiger partial charge is 0.356 e. The van der Waals surface area contributed by atoms with Crippen molar-refractivity contribution in [1.82, 2.24) is 9.78 Å². The molecule has 0 radical (unpaired) electrons. The van der Waals surface area contributed by atoms with Crippen LogP contribution >= 0.6 is 11.8 Å². The van der Waals surface area contributed by atoms with Gasteiger partial charge in [0.15, 0.2) is 17.2 Å². The third-order valence-electron chi connectivity index (χ3n) is 4.02. The number of aromatic nitrogens is 2. The van der Waals surface area contributed by atoms with E-state index in [9.17, 15) is 4.79 Å². The Kier molecular flexibility index (Phi) is 4.99. The first-order valence-electron chi connectivity index (χ1n) is 7.79. The van der Waals surface area contributed by atoms with Crippen LogP contribution < -0.4 is 9.47 Å². The van der Waals surface area contributed by atoms with E-state index in [2.05, 4.69) is 5.10 Å². The molecule has 0 amide bonds. The molecule has 2 aromatic rings. The maximum Gasteiger partial charge on any atom is 0.356 e. The van der Waals surface area contributed by atoms with Crippen molar-refractivity contribution in [2.24, 2.45) is 7.05 Å². The summed E-state index contributed by atoms with van der Waals surface area (Å²) in [4.78, 5) is 11.1. The molecule has 1 saturated heterocycles. The first-order valence-corrected chi connectivity index (χ1v) is 8.94. The fourth-order valence-electron chi connectivity index (χ4n) is 2.82. The number of aromatic carboxylic acids is 1. The average Bonchev–Trinajstić information content (AvgIpc) is 2.97. The lowest BCUT2D eigenvalue weighted by atomic mass is 10.1. The monoisotopic (exact) mass is 348 g/mol. The molecule has 0 unspecified atom stereocenters. The minimum Gasteiger partial charge on any atom is -0.492 e. The fraction of sp³-hybridized carbons (Fsp3) is 0.412. The van der Waals surface area contributed by atoms with Gasteiger partial charge in [0.05, 0.1) is 12.8 Å². The number of carboxylic acid groups (broad SMARTS) is 1. The highest BCUT2D eigenvalue weighted by atomic mass is 32.2. The zero-order chi connectivity index (χ0) is 17.1. The number of para-hydroxylation sites is 1. The van der Waals surface area contributed by atoms with Crippen molar-refractivity contribution in [2.45, 2.75) is 18.9 Å². The van der Waals surface area contributed by atoms with E-state index in [0.717, 1.165) is 29.9 Å². The van der Waals surface area contributed by atoms with Crippen LogP contribution in [0.15, 0.2) is 24.3 Å². The fourth-order valence-corrected chi connectivity index (χ4v) is 3.88. The number of nitrogens with zero attached hydrogens (tertiary/aromatic N) is 2. The number of ether oxygens (including phenoxy) is 2. The lowest BCUT2D eigenvalue weighted by Crippen LogP contribution is -2.22. The third kappa shape index (κ3) is 3.36. The topological polar surface area (TPSA) is 73.6 Å². The number of carbonyl (C=O) groups is 1. The number of hydrogen-bond acceptors (Lipinski definition) is 5. The summed E-state index contributed by atoms with van der Waals surface area (Å²) in [6.07, 6.45) is 2.23. The predicted molar refractivity (Wildman–Crippen MR) is 93.1 cm³/mol. The van der Waals surface area contributed by atoms with Gasteiger partial charge in [0.25, 0.3) is 0 Å². The van der Waals surface area contributed by atoms with Gasteiger partial charge >= 0.3 is 5.97 Å². The van der Waals surface area contributed by atoms with Gasteiger partial charge in [-0.3, -0.25) is 4.68 Å². The first-order chi connectivity index (χ1) is 11.6. The maximum atomic E-state index is 11.1. The van der Waals surface area contributed by atoms with Gasteiger partial charge in [-0.05, 0) is 42.5 Å². The predicted octanol–water partition coefficient (Wildman–Crippen LogP) is 3.07. The number of aryl methyl sites for hydroxylation is 1. The highest BCUT2D eigenvalue weighted by Gasteiger charge is 2.21. The van der Waals surface area contributed by atoms with Gasteiger partial charge < -0.3 is 14.6 Å². The molecule has 1 aliphatic rings. The largest absolute Gasteiger partial charge is 0.492 e. The van der Waals surface area contributed by atoms with E-state index in [0.29, 0.717) is 17.2 Å². The Morgan fingerprint density at radius 2 is 2.12 bits per heavy atom. The average molecular weight is 348 g/mol. The molecule has 0 saturated carbocycles. The minimum atomic E-state index is -1.05. The molecule has 2 heterocycles. The summed E-state index contributed by atoms with van der Waals surface area (Å²) in [7, 11) is 3.31. The van der Waals surface area contributed by atoms with Crippen LogP contribution in [0.3, 0.4) is 0 Å². The zero-order valence-electron chi connectivity index (χ0n) is 13.7. The summed E-state index contributed by atoms with van der Waals surface area (Å²) < 4.78 is 13.3. The molecule has 24 heavy (non-hydrogen) atoms. The Morgan fingerprint density at radius 3 is 2.75 bits per heavy atom. The second-order valence-corrected chi connectivity index (χ2v) is 6.83. The van der Waals surface area contributed by atoms with Gasteiger partial charge in [0, 0.05) is 12.6 Å². The molecule has 0 aliphatic carbocycles. The molecule has 1 aliphatic heterocycles. The molecule has 0 spiro atoms. The molecule has 1 aromatic carbocycles. The third-order valence-corrected chi connectivity index (χ3v) is 5.07. The number of carboxylic acids is 1. The van der Waals surface area contributed by atoms with Gasteiger partial charge in [-0.1, -0.05) is 6.07 Å². The van der Waals surface area contributed by atoms with Crippen LogP contribution in [0.4, 0.5) is 0 Å². The highest BCUT2D eigenvalue weighted by molar-refractivity contribution is 7.99. The van der Waals surface area contributed by atoms with Crippen molar-refractivity contribution in [3.05, 3.63) is 30.0 Å². The van der Waals surface area contributed by atoms with Crippen molar-refractivity contribution >= 4 is 17.7 Å². The van der Waals surface area contributed by atoms with Crippen LogP contribution in [-0.4, -0.2) is 45.6 Å². The van der Waals surface area contributed by atoms with Gasteiger partial charge in [-0.2, -0.15) is 16.9 Å². The lowest BCUT2D eigenvalue weighted by molar-refractivity contribution is 0.0689. The Bertz CT molecular complexity index is 738. The SMILES string of the molecule is COc1c(OC2CCSCC2)cccc1-c1cc(C(=O)O)nn1C. The van der Waals surface area contributed by atoms with Gasteiger partial charge in [0.2, 0.25) is 0 Å². The van der Waals surface area contributed by atoms with Crippen molar-refractivity contribution in [3.8, 4) is 22.8 Å². The Morgan fingerprint density at radius 1 is 1.38 bits per heavy atom. The summed E-state index contributed by atoms with van der Waals surface area (Å²) in [5.41, 5.74) is 1.45. The summed E-state index contributed by atoms with van der Waals surface area (Å²) in [6, 6.07) is 7.20. The molecule has 128 valence electrons. The second kappa shape index (κ2) is 7.17. The molecular formula is C17H20N2O4S. The van der Waals surface area contributed by atoms with E-state index in [4.69, 9.17) is 14.6 Å².